The first-order valence-corrected chi connectivity index (χ1v) is 10.2. The van der Waals surface area contributed by atoms with E-state index in [1.807, 2.05) is 95.9 Å². The SMILES string of the molecule is O=C([C@@H]1C[C@H](CO)ON1c1ccccc1)N(Cc1ccccc1)Cc1ccccc1. The van der Waals surface area contributed by atoms with Crippen molar-refractivity contribution in [3.8, 4) is 0 Å². The fourth-order valence-electron chi connectivity index (χ4n) is 3.78. The topological polar surface area (TPSA) is 53.0 Å². The van der Waals surface area contributed by atoms with Crippen LogP contribution in [0.15, 0.2) is 91.0 Å². The second-order valence-corrected chi connectivity index (χ2v) is 7.49. The van der Waals surface area contributed by atoms with Crippen molar-refractivity contribution in [2.75, 3.05) is 11.7 Å². The molecule has 0 unspecified atom stereocenters. The van der Waals surface area contributed by atoms with Crippen molar-refractivity contribution in [3.63, 3.8) is 0 Å². The average Bonchev–Trinajstić information content (AvgIpc) is 3.25. The van der Waals surface area contributed by atoms with Crippen LogP contribution in [0.4, 0.5) is 5.69 Å². The van der Waals surface area contributed by atoms with Crippen LogP contribution in [0.5, 0.6) is 0 Å². The monoisotopic (exact) mass is 402 g/mol. The summed E-state index contributed by atoms with van der Waals surface area (Å²) >= 11 is 0. The van der Waals surface area contributed by atoms with Gasteiger partial charge in [0.15, 0.2) is 0 Å². The van der Waals surface area contributed by atoms with Crippen LogP contribution in [0.3, 0.4) is 0 Å². The molecular formula is C25H26N2O3. The smallest absolute Gasteiger partial charge is 0.248 e. The number of hydrogen-bond donors (Lipinski definition) is 1. The molecule has 0 bridgehead atoms. The minimum atomic E-state index is -0.489. The van der Waals surface area contributed by atoms with Crippen LogP contribution in [0.1, 0.15) is 17.5 Å². The van der Waals surface area contributed by atoms with E-state index in [9.17, 15) is 9.90 Å². The van der Waals surface area contributed by atoms with Crippen molar-refractivity contribution >= 4 is 11.6 Å². The van der Waals surface area contributed by atoms with Crippen molar-refractivity contribution in [2.45, 2.75) is 31.7 Å². The fraction of sp³-hybridized carbons (Fsp3) is 0.240. The van der Waals surface area contributed by atoms with Gasteiger partial charge in [0.05, 0.1) is 12.3 Å². The number of hydroxylamine groups is 1. The van der Waals surface area contributed by atoms with E-state index in [1.165, 1.54) is 0 Å². The molecule has 1 N–H and O–H groups in total. The van der Waals surface area contributed by atoms with Crippen molar-refractivity contribution in [3.05, 3.63) is 102 Å². The Labute approximate surface area is 177 Å². The summed E-state index contributed by atoms with van der Waals surface area (Å²) in [5.74, 6) is -0.0116. The van der Waals surface area contributed by atoms with E-state index >= 15 is 0 Å². The lowest BCUT2D eigenvalue weighted by molar-refractivity contribution is -0.134. The van der Waals surface area contributed by atoms with Crippen LogP contribution in [0, 0.1) is 0 Å². The largest absolute Gasteiger partial charge is 0.394 e. The molecule has 4 rings (SSSR count). The Morgan fingerprint density at radius 3 is 1.87 bits per heavy atom. The Balaban J connectivity index is 1.61. The van der Waals surface area contributed by atoms with Gasteiger partial charge in [0.2, 0.25) is 5.91 Å². The van der Waals surface area contributed by atoms with E-state index in [2.05, 4.69) is 0 Å². The summed E-state index contributed by atoms with van der Waals surface area (Å²) in [4.78, 5) is 21.5. The van der Waals surface area contributed by atoms with Gasteiger partial charge < -0.3 is 10.0 Å². The summed E-state index contributed by atoms with van der Waals surface area (Å²) in [6, 6.07) is 29.1. The number of anilines is 1. The minimum Gasteiger partial charge on any atom is -0.394 e. The van der Waals surface area contributed by atoms with Gasteiger partial charge in [-0.15, -0.1) is 0 Å². The molecule has 30 heavy (non-hydrogen) atoms. The fourth-order valence-corrected chi connectivity index (χ4v) is 3.78. The molecule has 2 atom stereocenters. The van der Waals surface area contributed by atoms with Crippen LogP contribution >= 0.6 is 0 Å². The second kappa shape index (κ2) is 9.57. The molecule has 5 heteroatoms. The summed E-state index contributed by atoms with van der Waals surface area (Å²) < 4.78 is 0. The van der Waals surface area contributed by atoms with Crippen LogP contribution in [0.25, 0.3) is 0 Å². The number of rotatable bonds is 7. The molecule has 0 spiro atoms. The van der Waals surface area contributed by atoms with Gasteiger partial charge in [0, 0.05) is 19.5 Å². The highest BCUT2D eigenvalue weighted by Gasteiger charge is 2.40. The zero-order valence-electron chi connectivity index (χ0n) is 16.8. The standard InChI is InChI=1S/C25H26N2O3/c28-19-23-16-24(27(30-23)22-14-8-3-9-15-22)25(29)26(17-20-10-4-1-5-11-20)18-21-12-6-2-7-13-21/h1-15,23-24,28H,16-19H2/t23-,24+/m1/s1. The van der Waals surface area contributed by atoms with E-state index in [4.69, 9.17) is 4.84 Å². The number of hydrogen-bond acceptors (Lipinski definition) is 4. The average molecular weight is 402 g/mol. The van der Waals surface area contributed by atoms with Gasteiger partial charge in [-0.05, 0) is 23.3 Å². The Morgan fingerprint density at radius 2 is 1.37 bits per heavy atom. The number of amides is 1. The highest BCUT2D eigenvalue weighted by Crippen LogP contribution is 2.29. The van der Waals surface area contributed by atoms with Crippen LogP contribution in [-0.2, 0) is 22.7 Å². The summed E-state index contributed by atoms with van der Waals surface area (Å²) in [5.41, 5.74) is 2.96. The maximum absolute atomic E-state index is 13.7. The number of benzene rings is 3. The predicted molar refractivity (Wildman–Crippen MR) is 116 cm³/mol. The van der Waals surface area contributed by atoms with Gasteiger partial charge in [-0.2, -0.15) is 0 Å². The van der Waals surface area contributed by atoms with Crippen molar-refractivity contribution in [2.24, 2.45) is 0 Å². The molecule has 1 amide bonds. The molecule has 3 aromatic carbocycles. The molecule has 1 heterocycles. The number of para-hydroxylation sites is 1. The van der Waals surface area contributed by atoms with E-state index in [0.29, 0.717) is 19.5 Å². The maximum atomic E-state index is 13.7. The van der Waals surface area contributed by atoms with Gasteiger partial charge in [0.25, 0.3) is 0 Å². The van der Waals surface area contributed by atoms with Crippen LogP contribution in [0.2, 0.25) is 0 Å². The van der Waals surface area contributed by atoms with Gasteiger partial charge in [-0.3, -0.25) is 9.63 Å². The molecule has 154 valence electrons. The molecule has 0 saturated carbocycles. The molecule has 1 aliphatic heterocycles. The van der Waals surface area contributed by atoms with Gasteiger partial charge in [-0.25, -0.2) is 5.06 Å². The maximum Gasteiger partial charge on any atom is 0.248 e. The molecule has 0 radical (unpaired) electrons. The Hall–Kier alpha value is -3.15. The third-order valence-corrected chi connectivity index (χ3v) is 5.28. The first-order chi connectivity index (χ1) is 14.7. The number of nitrogens with zero attached hydrogens (tertiary/aromatic N) is 2. The number of carbonyl (C=O) groups excluding carboxylic acids is 1. The van der Waals surface area contributed by atoms with E-state index in [-0.39, 0.29) is 12.5 Å². The summed E-state index contributed by atoms with van der Waals surface area (Å²) in [7, 11) is 0. The summed E-state index contributed by atoms with van der Waals surface area (Å²) in [6.45, 7) is 0.902. The molecule has 0 aliphatic carbocycles. The lowest BCUT2D eigenvalue weighted by atomic mass is 10.1. The quantitative estimate of drug-likeness (QED) is 0.653. The molecular weight excluding hydrogens is 376 g/mol. The van der Waals surface area contributed by atoms with Gasteiger partial charge in [-0.1, -0.05) is 78.9 Å². The lowest BCUT2D eigenvalue weighted by Crippen LogP contribution is -2.44. The summed E-state index contributed by atoms with van der Waals surface area (Å²) in [6.07, 6.45) is 0.0547. The van der Waals surface area contributed by atoms with Crippen LogP contribution in [-0.4, -0.2) is 34.7 Å². The molecule has 5 nitrogen and oxygen atoms in total. The highest BCUT2D eigenvalue weighted by atomic mass is 16.7. The highest BCUT2D eigenvalue weighted by molar-refractivity contribution is 5.85. The number of aliphatic hydroxyl groups is 1. The molecule has 1 saturated heterocycles. The van der Waals surface area contributed by atoms with Crippen molar-refractivity contribution < 1.29 is 14.7 Å². The van der Waals surface area contributed by atoms with Crippen molar-refractivity contribution in [1.82, 2.24) is 4.90 Å². The molecule has 1 fully saturated rings. The normalized spacial score (nSPS) is 18.4. The van der Waals surface area contributed by atoms with E-state index < -0.39 is 12.1 Å². The summed E-state index contributed by atoms with van der Waals surface area (Å²) in [5, 5.41) is 11.3. The zero-order valence-corrected chi connectivity index (χ0v) is 16.8. The molecule has 0 aromatic heterocycles. The molecule has 3 aromatic rings. The Bertz CT molecular complexity index is 893. The Morgan fingerprint density at radius 1 is 0.867 bits per heavy atom. The number of carbonyl (C=O) groups is 1. The third kappa shape index (κ3) is 4.70. The van der Waals surface area contributed by atoms with Gasteiger partial charge >= 0.3 is 0 Å². The lowest BCUT2D eigenvalue weighted by Gasteiger charge is -2.30. The van der Waals surface area contributed by atoms with Gasteiger partial charge in [0.1, 0.15) is 12.1 Å². The minimum absolute atomic E-state index is 0.0116. The van der Waals surface area contributed by atoms with E-state index in [0.717, 1.165) is 16.8 Å². The zero-order chi connectivity index (χ0) is 20.8. The Kier molecular flexibility index (Phi) is 6.42. The number of aliphatic hydroxyl groups excluding tert-OH is 1. The van der Waals surface area contributed by atoms with Crippen molar-refractivity contribution in [1.29, 1.82) is 0 Å². The predicted octanol–water partition coefficient (Wildman–Crippen LogP) is 3.79. The third-order valence-electron chi connectivity index (χ3n) is 5.28. The van der Waals surface area contributed by atoms with E-state index in [1.54, 1.807) is 5.06 Å². The second-order valence-electron chi connectivity index (χ2n) is 7.49. The first kappa shape index (κ1) is 20.1. The van der Waals surface area contributed by atoms with Crippen LogP contribution < -0.4 is 5.06 Å². The molecule has 1 aliphatic rings. The first-order valence-electron chi connectivity index (χ1n) is 10.2.